The maximum Gasteiger partial charge on any atom is 0.266 e. The molecule has 1 aliphatic rings. The first-order valence-corrected chi connectivity index (χ1v) is 9.96. The van der Waals surface area contributed by atoms with E-state index in [1.807, 2.05) is 24.3 Å². The number of benzene rings is 2. The summed E-state index contributed by atoms with van der Waals surface area (Å²) in [6.07, 6.45) is 1.92. The van der Waals surface area contributed by atoms with Crippen molar-refractivity contribution >= 4 is 32.6 Å². The van der Waals surface area contributed by atoms with E-state index in [-0.39, 0.29) is 18.6 Å². The average molecular weight is 393 g/mol. The lowest BCUT2D eigenvalue weighted by Gasteiger charge is -2.23. The van der Waals surface area contributed by atoms with Crippen LogP contribution in [0.15, 0.2) is 48.5 Å². The lowest BCUT2D eigenvalue weighted by molar-refractivity contribution is -0.120. The Morgan fingerprint density at radius 1 is 1.29 bits per heavy atom. The number of fused-ring (bicyclic) bond motifs is 1. The Hall–Kier alpha value is -2.95. The van der Waals surface area contributed by atoms with Crippen molar-refractivity contribution in [2.45, 2.75) is 18.9 Å². The summed E-state index contributed by atoms with van der Waals surface area (Å²) in [7, 11) is 0. The molecule has 4 rings (SSSR count). The monoisotopic (exact) mass is 393 g/mol. The number of amides is 1. The van der Waals surface area contributed by atoms with E-state index >= 15 is 0 Å². The summed E-state index contributed by atoms with van der Waals surface area (Å²) in [5.41, 5.74) is 1.27. The fourth-order valence-corrected chi connectivity index (χ4v) is 4.15. The third-order valence-corrected chi connectivity index (χ3v) is 5.64. The summed E-state index contributed by atoms with van der Waals surface area (Å²) in [6.45, 7) is 1.00. The van der Waals surface area contributed by atoms with Crippen LogP contribution in [0.1, 0.15) is 18.4 Å². The maximum absolute atomic E-state index is 13.0. The highest BCUT2D eigenvalue weighted by Gasteiger charge is 2.26. The van der Waals surface area contributed by atoms with Crippen LogP contribution in [0.2, 0.25) is 0 Å². The molecule has 0 spiro atoms. The number of para-hydroxylation sites is 2. The van der Waals surface area contributed by atoms with Crippen LogP contribution >= 0.6 is 11.3 Å². The Kier molecular flexibility index (Phi) is 5.51. The van der Waals surface area contributed by atoms with Crippen LogP contribution < -0.4 is 9.64 Å². The van der Waals surface area contributed by atoms with Gasteiger partial charge in [-0.05, 0) is 37.1 Å². The molecular formula is C21H19N3O3S. The quantitative estimate of drug-likeness (QED) is 0.637. The van der Waals surface area contributed by atoms with Gasteiger partial charge in [0.25, 0.3) is 5.91 Å². The van der Waals surface area contributed by atoms with Gasteiger partial charge in [0, 0.05) is 6.61 Å². The van der Waals surface area contributed by atoms with Gasteiger partial charge in [0.15, 0.2) is 11.7 Å². The number of ether oxygens (including phenoxy) is 2. The molecule has 1 atom stereocenters. The largest absolute Gasteiger partial charge is 0.482 e. The van der Waals surface area contributed by atoms with Crippen LogP contribution in [-0.4, -0.2) is 36.8 Å². The van der Waals surface area contributed by atoms with E-state index in [9.17, 15) is 10.1 Å². The van der Waals surface area contributed by atoms with Crippen molar-refractivity contribution in [3.05, 3.63) is 54.1 Å². The van der Waals surface area contributed by atoms with Gasteiger partial charge >= 0.3 is 0 Å². The first kappa shape index (κ1) is 18.4. The Morgan fingerprint density at radius 3 is 2.89 bits per heavy atom. The summed E-state index contributed by atoms with van der Waals surface area (Å²) < 4.78 is 12.4. The number of nitrogens with zero attached hydrogens (tertiary/aromatic N) is 3. The second-order valence-corrected chi connectivity index (χ2v) is 7.51. The van der Waals surface area contributed by atoms with E-state index < -0.39 is 0 Å². The minimum absolute atomic E-state index is 0.00218. The molecule has 28 heavy (non-hydrogen) atoms. The molecule has 7 heteroatoms. The second kappa shape index (κ2) is 8.38. The minimum Gasteiger partial charge on any atom is -0.482 e. The van der Waals surface area contributed by atoms with Crippen molar-refractivity contribution in [3.8, 4) is 11.8 Å². The van der Waals surface area contributed by atoms with Crippen LogP contribution in [0.25, 0.3) is 10.2 Å². The Labute approximate surface area is 166 Å². The Balaban J connectivity index is 1.55. The predicted molar refractivity (Wildman–Crippen MR) is 108 cm³/mol. The third-order valence-electron chi connectivity index (χ3n) is 4.58. The fourth-order valence-electron chi connectivity index (χ4n) is 3.16. The van der Waals surface area contributed by atoms with Crippen LogP contribution in [0, 0.1) is 11.3 Å². The maximum atomic E-state index is 13.0. The molecule has 0 saturated carbocycles. The molecule has 2 aromatic carbocycles. The van der Waals surface area contributed by atoms with Gasteiger partial charge in [-0.15, -0.1) is 0 Å². The first-order chi connectivity index (χ1) is 13.7. The number of carbonyl (C=O) groups excluding carboxylic acids is 1. The molecule has 142 valence electrons. The van der Waals surface area contributed by atoms with Crippen LogP contribution in [0.5, 0.6) is 5.75 Å². The topological polar surface area (TPSA) is 75.5 Å². The summed E-state index contributed by atoms with van der Waals surface area (Å²) in [5.74, 6) is 0.196. The number of rotatable bonds is 6. The van der Waals surface area contributed by atoms with Gasteiger partial charge in [-0.1, -0.05) is 35.6 Å². The molecule has 1 saturated heterocycles. The molecule has 1 aliphatic heterocycles. The Bertz CT molecular complexity index is 988. The molecule has 0 bridgehead atoms. The molecule has 1 amide bonds. The van der Waals surface area contributed by atoms with E-state index in [2.05, 4.69) is 11.1 Å². The second-order valence-electron chi connectivity index (χ2n) is 6.50. The molecular weight excluding hydrogens is 374 g/mol. The van der Waals surface area contributed by atoms with Gasteiger partial charge in [-0.25, -0.2) is 4.98 Å². The van der Waals surface area contributed by atoms with Gasteiger partial charge in [0.05, 0.1) is 28.4 Å². The molecule has 0 radical (unpaired) electrons. The number of aromatic nitrogens is 1. The Morgan fingerprint density at radius 2 is 2.11 bits per heavy atom. The van der Waals surface area contributed by atoms with Crippen molar-refractivity contribution < 1.29 is 14.3 Å². The normalized spacial score (nSPS) is 16.0. The number of nitriles is 1. The molecule has 0 aliphatic carbocycles. The van der Waals surface area contributed by atoms with Crippen LogP contribution in [-0.2, 0) is 9.53 Å². The van der Waals surface area contributed by atoms with Gasteiger partial charge in [0.1, 0.15) is 11.8 Å². The summed E-state index contributed by atoms with van der Waals surface area (Å²) in [5, 5.41) is 9.83. The zero-order valence-corrected chi connectivity index (χ0v) is 16.0. The zero-order valence-electron chi connectivity index (χ0n) is 15.2. The summed E-state index contributed by atoms with van der Waals surface area (Å²) in [4.78, 5) is 19.3. The number of hydrogen-bond acceptors (Lipinski definition) is 6. The van der Waals surface area contributed by atoms with Crippen molar-refractivity contribution in [1.29, 1.82) is 5.26 Å². The van der Waals surface area contributed by atoms with Crippen molar-refractivity contribution in [3.63, 3.8) is 0 Å². The number of thiazole rings is 1. The minimum atomic E-state index is -0.206. The van der Waals surface area contributed by atoms with Crippen molar-refractivity contribution in [2.24, 2.45) is 0 Å². The summed E-state index contributed by atoms with van der Waals surface area (Å²) >= 11 is 1.48. The molecule has 2 heterocycles. The van der Waals surface area contributed by atoms with Gasteiger partial charge in [-0.2, -0.15) is 5.26 Å². The number of carbonyl (C=O) groups is 1. The predicted octanol–water partition coefficient (Wildman–Crippen LogP) is 3.76. The third kappa shape index (κ3) is 3.98. The average Bonchev–Trinajstić information content (AvgIpc) is 3.39. The van der Waals surface area contributed by atoms with E-state index in [1.165, 1.54) is 11.3 Å². The lowest BCUT2D eigenvalue weighted by atomic mass is 10.2. The fraction of sp³-hybridized carbons (Fsp3) is 0.286. The van der Waals surface area contributed by atoms with E-state index in [0.717, 1.165) is 29.7 Å². The zero-order chi connectivity index (χ0) is 19.3. The lowest BCUT2D eigenvalue weighted by Crippen LogP contribution is -2.40. The smallest absolute Gasteiger partial charge is 0.266 e. The molecule has 1 aromatic heterocycles. The molecule has 1 fully saturated rings. The van der Waals surface area contributed by atoms with Gasteiger partial charge in [0.2, 0.25) is 0 Å². The van der Waals surface area contributed by atoms with Crippen LogP contribution in [0.3, 0.4) is 0 Å². The number of hydrogen-bond donors (Lipinski definition) is 0. The van der Waals surface area contributed by atoms with Gasteiger partial charge in [-0.3, -0.25) is 9.69 Å². The molecule has 3 aromatic rings. The first-order valence-electron chi connectivity index (χ1n) is 9.14. The SMILES string of the molecule is N#Cc1ccccc1OCC(=O)N(C[C@H]1CCCO1)c1nc2ccccc2s1. The summed E-state index contributed by atoms with van der Waals surface area (Å²) in [6, 6.07) is 16.8. The van der Waals surface area contributed by atoms with Gasteiger partial charge < -0.3 is 9.47 Å². The molecule has 6 nitrogen and oxygen atoms in total. The highest BCUT2D eigenvalue weighted by molar-refractivity contribution is 7.22. The van der Waals surface area contributed by atoms with Crippen molar-refractivity contribution in [1.82, 2.24) is 4.98 Å². The van der Waals surface area contributed by atoms with E-state index in [4.69, 9.17) is 9.47 Å². The molecule has 0 unspecified atom stereocenters. The van der Waals surface area contributed by atoms with E-state index in [0.29, 0.717) is 23.0 Å². The number of anilines is 1. The van der Waals surface area contributed by atoms with Crippen molar-refractivity contribution in [2.75, 3.05) is 24.7 Å². The van der Waals surface area contributed by atoms with E-state index in [1.54, 1.807) is 29.2 Å². The highest BCUT2D eigenvalue weighted by Crippen LogP contribution is 2.30. The van der Waals surface area contributed by atoms with Crippen LogP contribution in [0.4, 0.5) is 5.13 Å². The standard InChI is InChI=1S/C21H19N3O3S/c22-12-15-6-1-3-9-18(15)27-14-20(25)24(13-16-7-5-11-26-16)21-23-17-8-2-4-10-19(17)28-21/h1-4,6,8-10,16H,5,7,11,13-14H2/t16-/m1/s1. The molecule has 0 N–H and O–H groups in total. The highest BCUT2D eigenvalue weighted by atomic mass is 32.1.